The number of primary sulfonamides is 1. The first kappa shape index (κ1) is 18.5. The molecule has 2 aromatic carbocycles. The molecule has 1 amide bonds. The number of nitrogens with zero attached hydrogens (tertiary/aromatic N) is 1. The normalized spacial score (nSPS) is 11.9. The van der Waals surface area contributed by atoms with Crippen molar-refractivity contribution in [3.05, 3.63) is 65.2 Å². The van der Waals surface area contributed by atoms with Gasteiger partial charge < -0.3 is 10.6 Å². The molecule has 0 unspecified atom stereocenters. The number of thiol groups is 1. The van der Waals surface area contributed by atoms with Crippen LogP contribution in [0.25, 0.3) is 0 Å². The molecule has 7 nitrogen and oxygen atoms in total. The Hall–Kier alpha value is -2.80. The molecule has 25 heavy (non-hydrogen) atoms. The number of para-hydroxylation sites is 1. The first-order valence-electron chi connectivity index (χ1n) is 6.91. The Kier molecular flexibility index (Phi) is 5.82. The van der Waals surface area contributed by atoms with Crippen LogP contribution in [0.1, 0.15) is 0 Å². The van der Waals surface area contributed by atoms with Gasteiger partial charge in [-0.15, -0.1) is 12.6 Å². The molecule has 0 radical (unpaired) electrons. The van der Waals surface area contributed by atoms with Gasteiger partial charge in [-0.1, -0.05) is 18.2 Å². The van der Waals surface area contributed by atoms with Crippen LogP contribution in [0, 0.1) is 11.3 Å². The van der Waals surface area contributed by atoms with Crippen molar-refractivity contribution in [2.24, 2.45) is 5.14 Å². The van der Waals surface area contributed by atoms with E-state index in [1.54, 1.807) is 30.3 Å². The van der Waals surface area contributed by atoms with E-state index in [-0.39, 0.29) is 15.5 Å². The Labute approximate surface area is 150 Å². The molecule has 0 atom stereocenters. The maximum Gasteiger partial charge on any atom is 0.269 e. The van der Waals surface area contributed by atoms with Gasteiger partial charge in [0.15, 0.2) is 0 Å². The highest BCUT2D eigenvalue weighted by molar-refractivity contribution is 7.89. The Bertz CT molecular complexity index is 947. The summed E-state index contributed by atoms with van der Waals surface area (Å²) in [7, 11) is -3.81. The van der Waals surface area contributed by atoms with Crippen LogP contribution in [0.4, 0.5) is 11.4 Å². The SMILES string of the molecule is N#C/C(C(=O)Nc1ccc(S(N)(=O)=O)cc1)=C(\S)Nc1ccccc1. The van der Waals surface area contributed by atoms with Crippen molar-refractivity contribution in [1.82, 2.24) is 0 Å². The molecule has 0 aromatic heterocycles. The highest BCUT2D eigenvalue weighted by Gasteiger charge is 2.15. The van der Waals surface area contributed by atoms with Crippen molar-refractivity contribution in [3.8, 4) is 6.07 Å². The number of sulfonamides is 1. The number of anilines is 2. The zero-order chi connectivity index (χ0) is 18.4. The smallest absolute Gasteiger partial charge is 0.269 e. The van der Waals surface area contributed by atoms with Gasteiger partial charge in [-0.25, -0.2) is 13.6 Å². The molecule has 4 N–H and O–H groups in total. The number of nitrogens with one attached hydrogen (secondary N) is 2. The fourth-order valence-electron chi connectivity index (χ4n) is 1.85. The third-order valence-corrected chi connectivity index (χ3v) is 4.32. The first-order chi connectivity index (χ1) is 11.8. The molecule has 128 valence electrons. The van der Waals surface area contributed by atoms with E-state index < -0.39 is 15.9 Å². The van der Waals surface area contributed by atoms with Gasteiger partial charge in [0.05, 0.1) is 9.92 Å². The minimum Gasteiger partial charge on any atom is -0.349 e. The molecule has 0 saturated carbocycles. The summed E-state index contributed by atoms with van der Waals surface area (Å²) >= 11 is 4.17. The minimum absolute atomic E-state index is 0.0813. The van der Waals surface area contributed by atoms with E-state index in [1.807, 2.05) is 6.07 Å². The topological polar surface area (TPSA) is 125 Å². The van der Waals surface area contributed by atoms with E-state index in [0.29, 0.717) is 11.4 Å². The number of benzene rings is 2. The second-order valence-electron chi connectivity index (χ2n) is 4.85. The molecule has 0 bridgehead atoms. The molecule has 0 fully saturated rings. The molecule has 9 heteroatoms. The van der Waals surface area contributed by atoms with Crippen LogP contribution >= 0.6 is 12.6 Å². The van der Waals surface area contributed by atoms with Crippen LogP contribution in [0.15, 0.2) is 70.1 Å². The number of hydrogen-bond acceptors (Lipinski definition) is 6. The third kappa shape index (κ3) is 5.09. The summed E-state index contributed by atoms with van der Waals surface area (Å²) in [5, 5.41) is 19.7. The number of carbonyl (C=O) groups excluding carboxylic acids is 1. The predicted molar refractivity (Wildman–Crippen MR) is 98.1 cm³/mol. The second-order valence-corrected chi connectivity index (χ2v) is 6.86. The number of nitriles is 1. The minimum atomic E-state index is -3.81. The molecular formula is C16H14N4O3S2. The van der Waals surface area contributed by atoms with Gasteiger partial charge in [0.2, 0.25) is 10.0 Å². The predicted octanol–water partition coefficient (Wildman–Crippen LogP) is 2.05. The highest BCUT2D eigenvalue weighted by atomic mass is 32.2. The van der Waals surface area contributed by atoms with E-state index in [2.05, 4.69) is 23.3 Å². The fraction of sp³-hybridized carbons (Fsp3) is 0. The molecule has 2 rings (SSSR count). The number of rotatable bonds is 5. The van der Waals surface area contributed by atoms with Crippen LogP contribution in [-0.4, -0.2) is 14.3 Å². The maximum atomic E-state index is 12.2. The molecule has 0 aliphatic carbocycles. The van der Waals surface area contributed by atoms with Crippen molar-refractivity contribution < 1.29 is 13.2 Å². The van der Waals surface area contributed by atoms with E-state index in [4.69, 9.17) is 5.14 Å². The molecule has 2 aromatic rings. The number of amides is 1. The van der Waals surface area contributed by atoms with E-state index in [9.17, 15) is 18.5 Å². The van der Waals surface area contributed by atoms with Gasteiger partial charge in [0.25, 0.3) is 5.91 Å². The molecule has 0 aliphatic heterocycles. The quantitative estimate of drug-likeness (QED) is 0.362. The monoisotopic (exact) mass is 374 g/mol. The van der Waals surface area contributed by atoms with Crippen LogP contribution in [-0.2, 0) is 14.8 Å². The standard InChI is InChI=1S/C16H14N4O3S2/c17-10-14(16(24)20-11-4-2-1-3-5-11)15(21)19-12-6-8-13(9-7-12)25(18,22)23/h1-9,20,24H,(H,19,21)(H2,18,22,23)/b16-14+. The van der Waals surface area contributed by atoms with Gasteiger partial charge in [0.1, 0.15) is 11.6 Å². The van der Waals surface area contributed by atoms with Crippen LogP contribution in [0.5, 0.6) is 0 Å². The first-order valence-corrected chi connectivity index (χ1v) is 8.90. The zero-order valence-electron chi connectivity index (χ0n) is 12.8. The van der Waals surface area contributed by atoms with Crippen LogP contribution in [0.3, 0.4) is 0 Å². The summed E-state index contributed by atoms with van der Waals surface area (Å²) in [4.78, 5) is 12.2. The van der Waals surface area contributed by atoms with E-state index in [1.165, 1.54) is 24.3 Å². The summed E-state index contributed by atoms with van der Waals surface area (Å²) in [6.07, 6.45) is 0. The fourth-order valence-corrected chi connectivity index (χ4v) is 2.65. The largest absolute Gasteiger partial charge is 0.349 e. The lowest BCUT2D eigenvalue weighted by Crippen LogP contribution is -2.17. The number of hydrogen-bond donors (Lipinski definition) is 4. The van der Waals surface area contributed by atoms with Gasteiger partial charge in [-0.05, 0) is 36.4 Å². The Morgan fingerprint density at radius 2 is 1.56 bits per heavy atom. The number of nitrogens with two attached hydrogens (primary N) is 1. The lowest BCUT2D eigenvalue weighted by molar-refractivity contribution is -0.112. The summed E-state index contributed by atoms with van der Waals surface area (Å²) in [6.45, 7) is 0. The van der Waals surface area contributed by atoms with E-state index >= 15 is 0 Å². The van der Waals surface area contributed by atoms with Gasteiger partial charge >= 0.3 is 0 Å². The number of carbonyl (C=O) groups is 1. The van der Waals surface area contributed by atoms with Crippen LogP contribution < -0.4 is 15.8 Å². The summed E-state index contributed by atoms with van der Waals surface area (Å²) in [5.74, 6) is -0.681. The van der Waals surface area contributed by atoms with Gasteiger partial charge in [0, 0.05) is 11.4 Å². The van der Waals surface area contributed by atoms with Crippen molar-refractivity contribution in [3.63, 3.8) is 0 Å². The Morgan fingerprint density at radius 1 is 1.00 bits per heavy atom. The molecule has 0 aliphatic rings. The van der Waals surface area contributed by atoms with Crippen LogP contribution in [0.2, 0.25) is 0 Å². The maximum absolute atomic E-state index is 12.2. The molecular weight excluding hydrogens is 360 g/mol. The van der Waals surface area contributed by atoms with E-state index in [0.717, 1.165) is 0 Å². The average Bonchev–Trinajstić information content (AvgIpc) is 2.56. The Balaban J connectivity index is 2.17. The molecule has 0 heterocycles. The molecule has 0 saturated heterocycles. The second kappa shape index (κ2) is 7.85. The van der Waals surface area contributed by atoms with Crippen molar-refractivity contribution in [2.75, 3.05) is 10.6 Å². The third-order valence-electron chi connectivity index (χ3n) is 3.05. The molecule has 0 spiro atoms. The Morgan fingerprint density at radius 3 is 2.08 bits per heavy atom. The summed E-state index contributed by atoms with van der Waals surface area (Å²) in [5.41, 5.74) is 0.763. The van der Waals surface area contributed by atoms with Crippen molar-refractivity contribution in [1.29, 1.82) is 5.26 Å². The van der Waals surface area contributed by atoms with Crippen molar-refractivity contribution in [2.45, 2.75) is 4.90 Å². The van der Waals surface area contributed by atoms with Gasteiger partial charge in [-0.3, -0.25) is 4.79 Å². The van der Waals surface area contributed by atoms with Gasteiger partial charge in [-0.2, -0.15) is 5.26 Å². The average molecular weight is 374 g/mol. The lowest BCUT2D eigenvalue weighted by Gasteiger charge is -2.09. The zero-order valence-corrected chi connectivity index (χ0v) is 14.5. The van der Waals surface area contributed by atoms with Crippen molar-refractivity contribution >= 4 is 39.9 Å². The summed E-state index contributed by atoms with van der Waals surface area (Å²) < 4.78 is 22.4. The lowest BCUT2D eigenvalue weighted by atomic mass is 10.2. The summed E-state index contributed by atoms with van der Waals surface area (Å²) in [6, 6.07) is 16.0. The highest BCUT2D eigenvalue weighted by Crippen LogP contribution is 2.17.